The van der Waals surface area contributed by atoms with Crippen LogP contribution in [0.3, 0.4) is 0 Å². The zero-order chi connectivity index (χ0) is 19.5. The zero-order valence-electron chi connectivity index (χ0n) is 16.0. The van der Waals surface area contributed by atoms with Gasteiger partial charge in [-0.15, -0.1) is 0 Å². The number of hydrogen-bond donors (Lipinski definition) is 0. The second-order valence-corrected chi connectivity index (χ2v) is 8.29. The minimum absolute atomic E-state index is 0.0878. The molecule has 0 bridgehead atoms. The Morgan fingerprint density at radius 2 is 1.72 bits per heavy atom. The minimum Gasteiger partial charge on any atom is -0.426 e. The van der Waals surface area contributed by atoms with E-state index in [2.05, 4.69) is 4.90 Å². The highest BCUT2D eigenvalue weighted by atomic mass is 16.5. The topological polar surface area (TPSA) is 46.6 Å². The molecule has 0 N–H and O–H groups in total. The largest absolute Gasteiger partial charge is 0.426 e. The Morgan fingerprint density at radius 1 is 0.931 bits per heavy atom. The number of esters is 1. The third kappa shape index (κ3) is 2.36. The molecule has 0 amide bonds. The van der Waals surface area contributed by atoms with Crippen molar-refractivity contribution in [2.24, 2.45) is 5.92 Å². The van der Waals surface area contributed by atoms with E-state index >= 15 is 0 Å². The van der Waals surface area contributed by atoms with Crippen LogP contribution in [0.4, 0.5) is 0 Å². The van der Waals surface area contributed by atoms with Gasteiger partial charge in [0.2, 0.25) is 0 Å². The van der Waals surface area contributed by atoms with Crippen molar-refractivity contribution >= 4 is 22.5 Å². The number of hydrogen-bond acceptors (Lipinski definition) is 4. The van der Waals surface area contributed by atoms with Crippen LogP contribution in [0.25, 0.3) is 10.8 Å². The van der Waals surface area contributed by atoms with Crippen molar-refractivity contribution in [3.05, 3.63) is 77.9 Å². The summed E-state index contributed by atoms with van der Waals surface area (Å²) in [5.41, 5.74) is 1.74. The smallest absolute Gasteiger partial charge is 0.316 e. The minimum atomic E-state index is -0.327. The average molecular weight is 383 g/mol. The van der Waals surface area contributed by atoms with Gasteiger partial charge in [-0.2, -0.15) is 0 Å². The molecule has 3 heterocycles. The molecule has 0 spiro atoms. The average Bonchev–Trinajstić information content (AvgIpc) is 3.34. The zero-order valence-corrected chi connectivity index (χ0v) is 16.0. The summed E-state index contributed by atoms with van der Waals surface area (Å²) in [6.45, 7) is 0.855. The maximum Gasteiger partial charge on any atom is 0.316 e. The van der Waals surface area contributed by atoms with E-state index in [1.54, 1.807) is 0 Å². The van der Waals surface area contributed by atoms with Gasteiger partial charge in [-0.3, -0.25) is 14.5 Å². The quantitative estimate of drug-likeness (QED) is 0.378. The van der Waals surface area contributed by atoms with Crippen LogP contribution in [0.2, 0.25) is 0 Å². The number of nitrogens with zero attached hydrogens (tertiary/aromatic N) is 1. The lowest BCUT2D eigenvalue weighted by atomic mass is 9.76. The van der Waals surface area contributed by atoms with Crippen LogP contribution in [0.15, 0.2) is 66.7 Å². The number of para-hydroxylation sites is 1. The van der Waals surface area contributed by atoms with E-state index in [4.69, 9.17) is 4.74 Å². The van der Waals surface area contributed by atoms with Crippen LogP contribution < -0.4 is 4.74 Å². The van der Waals surface area contributed by atoms with Crippen LogP contribution in [0.5, 0.6) is 5.75 Å². The van der Waals surface area contributed by atoms with E-state index < -0.39 is 0 Å². The van der Waals surface area contributed by atoms with Gasteiger partial charge in [0, 0.05) is 23.1 Å². The molecule has 4 heteroatoms. The second kappa shape index (κ2) is 6.26. The molecule has 6 rings (SSSR count). The Hall–Kier alpha value is -2.98. The van der Waals surface area contributed by atoms with Crippen LogP contribution >= 0.6 is 0 Å². The molecule has 3 aromatic rings. The predicted molar refractivity (Wildman–Crippen MR) is 110 cm³/mol. The summed E-state index contributed by atoms with van der Waals surface area (Å²) in [6, 6.07) is 21.4. The van der Waals surface area contributed by atoms with Gasteiger partial charge in [-0.05, 0) is 36.2 Å². The van der Waals surface area contributed by atoms with Crippen molar-refractivity contribution in [2.45, 2.75) is 30.8 Å². The Labute approximate surface area is 169 Å². The van der Waals surface area contributed by atoms with Crippen LogP contribution in [0.1, 0.15) is 34.7 Å². The van der Waals surface area contributed by atoms with Crippen LogP contribution in [0, 0.1) is 5.92 Å². The lowest BCUT2D eigenvalue weighted by Gasteiger charge is -2.31. The normalized spacial score (nSPS) is 27.9. The molecule has 2 saturated heterocycles. The van der Waals surface area contributed by atoms with Crippen molar-refractivity contribution < 1.29 is 14.3 Å². The summed E-state index contributed by atoms with van der Waals surface area (Å²) in [5, 5.41) is 2.04. The fourth-order valence-electron chi connectivity index (χ4n) is 5.79. The van der Waals surface area contributed by atoms with Gasteiger partial charge in [0.25, 0.3) is 0 Å². The summed E-state index contributed by atoms with van der Waals surface area (Å²) in [7, 11) is 0. The molecular formula is C25H21NO3. The van der Waals surface area contributed by atoms with E-state index in [1.807, 2.05) is 66.7 Å². The Bertz CT molecular complexity index is 1150. The first-order chi connectivity index (χ1) is 14.2. The van der Waals surface area contributed by atoms with E-state index in [9.17, 15) is 9.59 Å². The lowest BCUT2D eigenvalue weighted by Crippen LogP contribution is -2.40. The third-order valence-corrected chi connectivity index (χ3v) is 6.93. The summed E-state index contributed by atoms with van der Waals surface area (Å²) in [4.78, 5) is 29.2. The van der Waals surface area contributed by atoms with Gasteiger partial charge in [-0.1, -0.05) is 60.7 Å². The lowest BCUT2D eigenvalue weighted by molar-refractivity contribution is -0.141. The molecule has 29 heavy (non-hydrogen) atoms. The number of carbonyl (C=O) groups excluding carboxylic acids is 2. The molecule has 0 unspecified atom stereocenters. The van der Waals surface area contributed by atoms with E-state index in [0.717, 1.165) is 41.3 Å². The van der Waals surface area contributed by atoms with Crippen molar-refractivity contribution in [1.29, 1.82) is 0 Å². The van der Waals surface area contributed by atoms with E-state index in [1.165, 1.54) is 0 Å². The Kier molecular flexibility index (Phi) is 3.65. The fourth-order valence-corrected chi connectivity index (χ4v) is 5.79. The summed E-state index contributed by atoms with van der Waals surface area (Å²) in [6.07, 6.45) is 1.96. The van der Waals surface area contributed by atoms with Gasteiger partial charge < -0.3 is 4.74 Å². The Balaban J connectivity index is 1.53. The predicted octanol–water partition coefficient (Wildman–Crippen LogP) is 4.19. The molecule has 3 aliphatic heterocycles. The SMILES string of the molecule is O=C1Oc2ccccc2[C@H]2[C@@H]1[C@@H]1CCCN1[C@H]2C(=O)c1cccc2ccccc12. The third-order valence-electron chi connectivity index (χ3n) is 6.93. The summed E-state index contributed by atoms with van der Waals surface area (Å²) in [5.74, 6) is 0.126. The molecule has 0 aliphatic carbocycles. The molecule has 0 aromatic heterocycles. The van der Waals surface area contributed by atoms with Crippen LogP contribution in [-0.4, -0.2) is 35.3 Å². The highest BCUT2D eigenvalue weighted by molar-refractivity contribution is 6.11. The van der Waals surface area contributed by atoms with Gasteiger partial charge in [0.05, 0.1) is 12.0 Å². The van der Waals surface area contributed by atoms with Gasteiger partial charge in [0.15, 0.2) is 5.78 Å². The molecule has 144 valence electrons. The van der Waals surface area contributed by atoms with Gasteiger partial charge in [0.1, 0.15) is 5.75 Å². The van der Waals surface area contributed by atoms with Gasteiger partial charge >= 0.3 is 5.97 Å². The maximum atomic E-state index is 14.0. The first-order valence-electron chi connectivity index (χ1n) is 10.3. The highest BCUT2D eigenvalue weighted by Gasteiger charge is 2.59. The molecule has 2 fully saturated rings. The first-order valence-corrected chi connectivity index (χ1v) is 10.3. The van der Waals surface area contributed by atoms with Crippen molar-refractivity contribution in [1.82, 2.24) is 4.90 Å². The number of ether oxygens (including phenoxy) is 1. The molecule has 0 saturated carbocycles. The molecule has 3 aliphatic rings. The molecule has 4 nitrogen and oxygen atoms in total. The highest BCUT2D eigenvalue weighted by Crippen LogP contribution is 2.52. The standard InChI is InChI=1S/C25H21NO3/c27-24(17-11-5-8-15-7-1-2-9-16(15)17)23-21-18-10-3-4-13-20(18)29-25(28)22(21)19-12-6-14-26(19)23/h1-5,7-11,13,19,21-23H,6,12,14H2/t19-,21-,22-,23+/m0/s1. The molecule has 4 atom stereocenters. The Morgan fingerprint density at radius 3 is 2.66 bits per heavy atom. The number of ketones is 1. The first kappa shape index (κ1) is 16.9. The van der Waals surface area contributed by atoms with Crippen LogP contribution in [-0.2, 0) is 4.79 Å². The monoisotopic (exact) mass is 383 g/mol. The number of Topliss-reactive ketones (excluding diaryl/α,β-unsaturated/α-hetero) is 1. The number of fused-ring (bicyclic) bond motifs is 6. The molecule has 3 aromatic carbocycles. The van der Waals surface area contributed by atoms with Crippen molar-refractivity contribution in [3.63, 3.8) is 0 Å². The summed E-state index contributed by atoms with van der Waals surface area (Å²) >= 11 is 0. The maximum absolute atomic E-state index is 14.0. The summed E-state index contributed by atoms with van der Waals surface area (Å²) < 4.78 is 5.68. The number of rotatable bonds is 2. The second-order valence-electron chi connectivity index (χ2n) is 8.29. The van der Waals surface area contributed by atoms with E-state index in [-0.39, 0.29) is 35.7 Å². The molecule has 0 radical (unpaired) electrons. The number of carbonyl (C=O) groups is 2. The van der Waals surface area contributed by atoms with Crippen molar-refractivity contribution in [3.8, 4) is 5.75 Å². The van der Waals surface area contributed by atoms with Gasteiger partial charge in [-0.25, -0.2) is 0 Å². The fraction of sp³-hybridized carbons (Fsp3) is 0.280. The van der Waals surface area contributed by atoms with Crippen molar-refractivity contribution in [2.75, 3.05) is 6.54 Å². The number of benzene rings is 3. The van der Waals surface area contributed by atoms with E-state index in [0.29, 0.717) is 5.75 Å². The molecular weight excluding hydrogens is 362 g/mol.